The molecular formula is C20H33N3O2S. The van der Waals surface area contributed by atoms with Crippen molar-refractivity contribution >= 4 is 34.8 Å². The number of hydrogen-bond acceptors (Lipinski definition) is 4. The number of nitrogen functional groups attached to an aromatic ring is 1. The highest BCUT2D eigenvalue weighted by Crippen LogP contribution is 2.16. The Morgan fingerprint density at radius 2 is 1.58 bits per heavy atom. The highest BCUT2D eigenvalue weighted by Gasteiger charge is 2.06. The van der Waals surface area contributed by atoms with E-state index in [1.165, 1.54) is 51.4 Å². The minimum absolute atomic E-state index is 0.177. The number of carbonyl (C=O) groups is 1. The van der Waals surface area contributed by atoms with Gasteiger partial charge in [0.25, 0.3) is 0 Å². The number of rotatable bonds is 12. The number of amides is 1. The van der Waals surface area contributed by atoms with E-state index in [4.69, 9.17) is 22.7 Å². The van der Waals surface area contributed by atoms with Gasteiger partial charge in [-0.1, -0.05) is 76.8 Å². The lowest BCUT2D eigenvalue weighted by atomic mass is 10.1. The minimum Gasteiger partial charge on any atom is -0.449 e. The Hall–Kier alpha value is -1.82. The fourth-order valence-electron chi connectivity index (χ4n) is 2.65. The molecule has 0 saturated carbocycles. The number of unbranched alkanes of at least 4 members (excludes halogenated alkanes) is 9. The van der Waals surface area contributed by atoms with Crippen LogP contribution >= 0.6 is 12.2 Å². The number of benzene rings is 1. The van der Waals surface area contributed by atoms with Crippen molar-refractivity contribution in [2.24, 2.45) is 0 Å². The van der Waals surface area contributed by atoms with Crippen molar-refractivity contribution in [3.05, 3.63) is 24.3 Å². The molecular weight excluding hydrogens is 346 g/mol. The molecule has 0 radical (unpaired) electrons. The van der Waals surface area contributed by atoms with Crippen LogP contribution in [-0.2, 0) is 4.74 Å². The first-order valence-corrected chi connectivity index (χ1v) is 10.1. The van der Waals surface area contributed by atoms with Crippen LogP contribution in [0.3, 0.4) is 0 Å². The summed E-state index contributed by atoms with van der Waals surface area (Å²) in [4.78, 5) is 11.7. The lowest BCUT2D eigenvalue weighted by molar-refractivity contribution is 0.149. The third kappa shape index (κ3) is 10.9. The molecule has 26 heavy (non-hydrogen) atoms. The van der Waals surface area contributed by atoms with Crippen LogP contribution in [0.4, 0.5) is 16.2 Å². The predicted molar refractivity (Wildman–Crippen MR) is 113 cm³/mol. The number of hydrogen-bond donors (Lipinski definition) is 3. The standard InChI is InChI=1S/C20H33N3O2S/c1-2-3-4-5-6-7-8-9-10-13-16-25-20(24)23-19(26)22-18-15-12-11-14-17(18)21/h11-12,14-15H,2-10,13,16,21H2,1H3,(H2,22,23,24,26). The van der Waals surface area contributed by atoms with Crippen molar-refractivity contribution in [3.8, 4) is 0 Å². The number of para-hydroxylation sites is 2. The summed E-state index contributed by atoms with van der Waals surface area (Å²) in [6, 6.07) is 7.22. The molecule has 0 aliphatic carbocycles. The van der Waals surface area contributed by atoms with Gasteiger partial charge < -0.3 is 15.8 Å². The molecule has 1 rings (SSSR count). The third-order valence-electron chi connectivity index (χ3n) is 4.16. The Bertz CT molecular complexity index is 538. The number of thiocarbonyl (C=S) groups is 1. The summed E-state index contributed by atoms with van der Waals surface area (Å²) >= 11 is 5.08. The van der Waals surface area contributed by atoms with Crippen LogP contribution in [0.5, 0.6) is 0 Å². The first-order chi connectivity index (χ1) is 12.6. The largest absolute Gasteiger partial charge is 0.449 e. The van der Waals surface area contributed by atoms with Crippen molar-refractivity contribution in [2.45, 2.75) is 71.1 Å². The summed E-state index contributed by atoms with van der Waals surface area (Å²) in [5.74, 6) is 0. The zero-order valence-electron chi connectivity index (χ0n) is 15.9. The number of anilines is 2. The third-order valence-corrected chi connectivity index (χ3v) is 4.36. The molecule has 0 unspecified atom stereocenters. The van der Waals surface area contributed by atoms with Gasteiger partial charge in [0.05, 0.1) is 18.0 Å². The highest BCUT2D eigenvalue weighted by molar-refractivity contribution is 7.80. The summed E-state index contributed by atoms with van der Waals surface area (Å²) in [7, 11) is 0. The molecule has 0 bridgehead atoms. The summed E-state index contributed by atoms with van der Waals surface area (Å²) < 4.78 is 5.14. The average molecular weight is 380 g/mol. The summed E-state index contributed by atoms with van der Waals surface area (Å²) in [6.07, 6.45) is 12.0. The highest BCUT2D eigenvalue weighted by atomic mass is 32.1. The molecule has 5 nitrogen and oxygen atoms in total. The monoisotopic (exact) mass is 379 g/mol. The van der Waals surface area contributed by atoms with E-state index < -0.39 is 6.09 Å². The summed E-state index contributed by atoms with van der Waals surface area (Å²) in [6.45, 7) is 2.66. The second kappa shape index (κ2) is 14.4. The van der Waals surface area contributed by atoms with Gasteiger partial charge in [-0.2, -0.15) is 0 Å². The van der Waals surface area contributed by atoms with E-state index in [-0.39, 0.29) is 5.11 Å². The Morgan fingerprint density at radius 1 is 1.00 bits per heavy atom. The molecule has 1 aromatic carbocycles. The number of nitrogens with one attached hydrogen (secondary N) is 2. The molecule has 146 valence electrons. The van der Waals surface area contributed by atoms with E-state index in [2.05, 4.69) is 17.6 Å². The Kier molecular flexibility index (Phi) is 12.3. The average Bonchev–Trinajstić information content (AvgIpc) is 2.61. The number of ether oxygens (including phenoxy) is 1. The lowest BCUT2D eigenvalue weighted by Gasteiger charge is -2.11. The quantitative estimate of drug-likeness (QED) is 0.250. The van der Waals surface area contributed by atoms with Gasteiger partial charge >= 0.3 is 6.09 Å². The van der Waals surface area contributed by atoms with Crippen LogP contribution < -0.4 is 16.4 Å². The molecule has 0 aromatic heterocycles. The molecule has 1 amide bonds. The van der Waals surface area contributed by atoms with Gasteiger partial charge in [-0.15, -0.1) is 0 Å². The van der Waals surface area contributed by atoms with Gasteiger partial charge in [0.2, 0.25) is 0 Å². The Morgan fingerprint density at radius 3 is 2.19 bits per heavy atom. The Balaban J connectivity index is 1.98. The zero-order valence-corrected chi connectivity index (χ0v) is 16.7. The summed E-state index contributed by atoms with van der Waals surface area (Å²) in [5, 5.41) is 5.55. The van der Waals surface area contributed by atoms with Crippen LogP contribution in [0, 0.1) is 0 Å². The SMILES string of the molecule is CCCCCCCCCCCCOC(=O)NC(=S)Nc1ccccc1N. The van der Waals surface area contributed by atoms with Crippen molar-refractivity contribution in [1.29, 1.82) is 0 Å². The summed E-state index contributed by atoms with van der Waals surface area (Å²) in [5.41, 5.74) is 7.04. The van der Waals surface area contributed by atoms with Crippen LogP contribution in [-0.4, -0.2) is 17.8 Å². The van der Waals surface area contributed by atoms with Crippen LogP contribution in [0.1, 0.15) is 71.1 Å². The maximum atomic E-state index is 11.7. The van der Waals surface area contributed by atoms with Gasteiger partial charge in [0.1, 0.15) is 0 Å². The smallest absolute Gasteiger partial charge is 0.413 e. The number of carbonyl (C=O) groups excluding carboxylic acids is 1. The van der Waals surface area contributed by atoms with Gasteiger partial charge in [0.15, 0.2) is 5.11 Å². The first kappa shape index (κ1) is 22.2. The first-order valence-electron chi connectivity index (χ1n) is 9.72. The van der Waals surface area contributed by atoms with Gasteiger partial charge in [-0.25, -0.2) is 4.79 Å². The van der Waals surface area contributed by atoms with Gasteiger partial charge in [0, 0.05) is 0 Å². The van der Waals surface area contributed by atoms with Crippen LogP contribution in [0.25, 0.3) is 0 Å². The molecule has 4 N–H and O–H groups in total. The van der Waals surface area contributed by atoms with Gasteiger partial charge in [-0.3, -0.25) is 5.32 Å². The van der Waals surface area contributed by atoms with E-state index in [1.807, 2.05) is 12.1 Å². The van der Waals surface area contributed by atoms with E-state index in [0.717, 1.165) is 12.8 Å². The maximum Gasteiger partial charge on any atom is 0.413 e. The maximum absolute atomic E-state index is 11.7. The van der Waals surface area contributed by atoms with Crippen molar-refractivity contribution in [3.63, 3.8) is 0 Å². The lowest BCUT2D eigenvalue weighted by Crippen LogP contribution is -2.34. The fourth-order valence-corrected chi connectivity index (χ4v) is 2.84. The van der Waals surface area contributed by atoms with E-state index in [0.29, 0.717) is 18.0 Å². The molecule has 0 fully saturated rings. The Labute approximate surface area is 163 Å². The van der Waals surface area contributed by atoms with Crippen molar-refractivity contribution < 1.29 is 9.53 Å². The molecule has 0 saturated heterocycles. The minimum atomic E-state index is -0.534. The van der Waals surface area contributed by atoms with E-state index in [1.54, 1.807) is 12.1 Å². The van der Waals surface area contributed by atoms with E-state index >= 15 is 0 Å². The zero-order chi connectivity index (χ0) is 19.0. The second-order valence-corrected chi connectivity index (χ2v) is 6.89. The molecule has 0 aliphatic rings. The number of alkyl carbamates (subject to hydrolysis) is 1. The molecule has 6 heteroatoms. The topological polar surface area (TPSA) is 76.4 Å². The van der Waals surface area contributed by atoms with Crippen LogP contribution in [0.2, 0.25) is 0 Å². The molecule has 1 aromatic rings. The van der Waals surface area contributed by atoms with Crippen molar-refractivity contribution in [2.75, 3.05) is 17.7 Å². The normalized spacial score (nSPS) is 10.3. The molecule has 0 heterocycles. The molecule has 0 atom stereocenters. The van der Waals surface area contributed by atoms with Crippen molar-refractivity contribution in [1.82, 2.24) is 5.32 Å². The van der Waals surface area contributed by atoms with E-state index in [9.17, 15) is 4.79 Å². The molecule has 0 aliphatic heterocycles. The predicted octanol–water partition coefficient (Wildman–Crippen LogP) is 5.61. The van der Waals surface area contributed by atoms with Gasteiger partial charge in [-0.05, 0) is 30.8 Å². The second-order valence-electron chi connectivity index (χ2n) is 6.48. The number of nitrogens with two attached hydrogens (primary N) is 1. The van der Waals surface area contributed by atoms with Crippen LogP contribution in [0.15, 0.2) is 24.3 Å². The fraction of sp³-hybridized carbons (Fsp3) is 0.600. The molecule has 0 spiro atoms.